The molecule has 1 fully saturated rings. The van der Waals surface area contributed by atoms with Crippen LogP contribution in [0.4, 0.5) is 5.69 Å². The summed E-state index contributed by atoms with van der Waals surface area (Å²) in [6, 6.07) is 10.5. The molecule has 2 aromatic carbocycles. The molecule has 0 aromatic heterocycles. The molecule has 1 aliphatic rings. The van der Waals surface area contributed by atoms with Crippen molar-refractivity contribution in [2.24, 2.45) is 0 Å². The normalized spacial score (nSPS) is 18.6. The molecule has 162 valence electrons. The van der Waals surface area contributed by atoms with Crippen molar-refractivity contribution in [3.63, 3.8) is 0 Å². The molecule has 1 heterocycles. The lowest BCUT2D eigenvalue weighted by Gasteiger charge is -2.14. The third-order valence-electron chi connectivity index (χ3n) is 4.65. The molecule has 0 amide bonds. The number of ether oxygens (including phenoxy) is 1. The van der Waals surface area contributed by atoms with Crippen molar-refractivity contribution in [2.75, 3.05) is 23.3 Å². The topological polar surface area (TPSA) is 141 Å². The van der Waals surface area contributed by atoms with E-state index < -0.39 is 46.7 Å². The Morgan fingerprint density at radius 3 is 2.33 bits per heavy atom. The fourth-order valence-corrected chi connectivity index (χ4v) is 8.68. The molecule has 1 aliphatic heterocycles. The van der Waals surface area contributed by atoms with Gasteiger partial charge < -0.3 is 4.74 Å². The zero-order chi connectivity index (χ0) is 22.2. The average molecular weight is 474 g/mol. The van der Waals surface area contributed by atoms with Gasteiger partial charge in [-0.3, -0.25) is 4.72 Å². The molecule has 0 spiro atoms. The number of hydrogen-bond donors (Lipinski definition) is 1. The molecule has 0 saturated carbocycles. The Balaban J connectivity index is 1.95. The molecule has 3 rings (SSSR count). The van der Waals surface area contributed by atoms with Crippen LogP contribution in [0.2, 0.25) is 0 Å². The third-order valence-corrected chi connectivity index (χ3v) is 10.2. The summed E-state index contributed by atoms with van der Waals surface area (Å²) >= 11 is 0. The van der Waals surface area contributed by atoms with Crippen LogP contribution in [-0.4, -0.2) is 55.1 Å². The molecule has 9 nitrogen and oxygen atoms in total. The van der Waals surface area contributed by atoms with E-state index in [9.17, 15) is 30.0 Å². The Bertz CT molecular complexity index is 1300. The number of methoxy groups -OCH3 is 1. The highest BCUT2D eigenvalue weighted by Crippen LogP contribution is 2.28. The first kappa shape index (κ1) is 22.2. The molecule has 1 atom stereocenters. The maximum atomic E-state index is 12.8. The first-order valence-electron chi connectivity index (χ1n) is 8.71. The summed E-state index contributed by atoms with van der Waals surface area (Å²) in [5, 5.41) is -1.12. The van der Waals surface area contributed by atoms with Gasteiger partial charge in [0.15, 0.2) is 19.7 Å². The smallest absolute Gasteiger partial charge is 0.339 e. The number of sulfone groups is 2. The van der Waals surface area contributed by atoms with Crippen LogP contribution in [0.5, 0.6) is 0 Å². The summed E-state index contributed by atoms with van der Waals surface area (Å²) in [5.41, 5.74) is -0.0389. The Kier molecular flexibility index (Phi) is 5.94. The number of rotatable bonds is 6. The van der Waals surface area contributed by atoms with Gasteiger partial charge in [0, 0.05) is 0 Å². The van der Waals surface area contributed by atoms with Crippen LogP contribution in [0.3, 0.4) is 0 Å². The van der Waals surface area contributed by atoms with Crippen LogP contribution in [0.1, 0.15) is 16.8 Å². The number of sulfonamides is 1. The first-order valence-corrected chi connectivity index (χ1v) is 13.6. The monoisotopic (exact) mass is 473 g/mol. The fourth-order valence-electron chi connectivity index (χ4n) is 3.08. The molecule has 2 aromatic rings. The van der Waals surface area contributed by atoms with E-state index in [4.69, 9.17) is 0 Å². The summed E-state index contributed by atoms with van der Waals surface area (Å²) in [4.78, 5) is 11.2. The van der Waals surface area contributed by atoms with Gasteiger partial charge in [-0.05, 0) is 36.8 Å². The molecule has 0 bridgehead atoms. The Labute approximate surface area is 175 Å². The lowest BCUT2D eigenvalue weighted by atomic mass is 10.2. The van der Waals surface area contributed by atoms with Gasteiger partial charge in [-0.25, -0.2) is 30.0 Å². The van der Waals surface area contributed by atoms with Crippen LogP contribution in [0, 0.1) is 0 Å². The van der Waals surface area contributed by atoms with Gasteiger partial charge in [0.1, 0.15) is 0 Å². The van der Waals surface area contributed by atoms with Crippen LogP contribution >= 0.6 is 0 Å². The highest BCUT2D eigenvalue weighted by molar-refractivity contribution is 7.96. The predicted octanol–water partition coefficient (Wildman–Crippen LogP) is 1.23. The van der Waals surface area contributed by atoms with Crippen molar-refractivity contribution < 1.29 is 34.8 Å². The number of carbonyl (C=O) groups is 1. The minimum absolute atomic E-state index is 0.0106. The molecule has 0 unspecified atom stereocenters. The summed E-state index contributed by atoms with van der Waals surface area (Å²) in [6.07, 6.45) is -0.0353. The highest BCUT2D eigenvalue weighted by Gasteiger charge is 2.38. The Hall–Kier alpha value is -2.44. The quantitative estimate of drug-likeness (QED) is 0.618. The van der Waals surface area contributed by atoms with E-state index in [1.54, 1.807) is 0 Å². The van der Waals surface area contributed by atoms with Crippen molar-refractivity contribution >= 4 is 41.4 Å². The molecule has 30 heavy (non-hydrogen) atoms. The largest absolute Gasteiger partial charge is 0.465 e. The van der Waals surface area contributed by atoms with Crippen LogP contribution in [0.15, 0.2) is 58.3 Å². The molecule has 1 saturated heterocycles. The lowest BCUT2D eigenvalue weighted by molar-refractivity contribution is 0.0602. The van der Waals surface area contributed by atoms with Gasteiger partial charge in [0.25, 0.3) is 10.0 Å². The van der Waals surface area contributed by atoms with E-state index in [1.165, 1.54) is 42.5 Å². The highest BCUT2D eigenvalue weighted by atomic mass is 32.2. The van der Waals surface area contributed by atoms with E-state index in [0.717, 1.165) is 13.2 Å². The van der Waals surface area contributed by atoms with E-state index >= 15 is 0 Å². The van der Waals surface area contributed by atoms with Crippen LogP contribution < -0.4 is 4.72 Å². The number of hydrogen-bond acceptors (Lipinski definition) is 8. The standard InChI is InChI=1S/C18H19NO8S3/c1-27-18(20)16-7-2-3-8-17(16)19-30(25,26)14-6-4-5-13(11-14)29(23,24)15-9-10-28(21,22)12-15/h2-8,11,15,19H,9-10,12H2,1H3/t15-/m0/s1. The fraction of sp³-hybridized carbons (Fsp3) is 0.278. The lowest BCUT2D eigenvalue weighted by Crippen LogP contribution is -2.23. The maximum absolute atomic E-state index is 12.8. The minimum atomic E-state index is -4.25. The van der Waals surface area contributed by atoms with Gasteiger partial charge in [-0.1, -0.05) is 18.2 Å². The van der Waals surface area contributed by atoms with Gasteiger partial charge in [-0.2, -0.15) is 0 Å². The molecule has 1 N–H and O–H groups in total. The predicted molar refractivity (Wildman–Crippen MR) is 109 cm³/mol. The van der Waals surface area contributed by atoms with Crippen molar-refractivity contribution in [2.45, 2.75) is 21.5 Å². The van der Waals surface area contributed by atoms with E-state index in [1.807, 2.05) is 0 Å². The number of carbonyl (C=O) groups excluding carboxylic acids is 1. The Morgan fingerprint density at radius 2 is 1.70 bits per heavy atom. The summed E-state index contributed by atoms with van der Waals surface area (Å²) in [7, 11) is -10.6. The van der Waals surface area contributed by atoms with Crippen molar-refractivity contribution in [3.05, 3.63) is 54.1 Å². The van der Waals surface area contributed by atoms with Crippen molar-refractivity contribution in [1.29, 1.82) is 0 Å². The summed E-state index contributed by atoms with van der Waals surface area (Å²) < 4.78 is 81.4. The SMILES string of the molecule is COC(=O)c1ccccc1NS(=O)(=O)c1cccc(S(=O)(=O)[C@H]2CCS(=O)(=O)C2)c1. The van der Waals surface area contributed by atoms with E-state index in [0.29, 0.717) is 0 Å². The number of anilines is 1. The van der Waals surface area contributed by atoms with E-state index in [-0.39, 0.29) is 33.2 Å². The van der Waals surface area contributed by atoms with Gasteiger partial charge in [0.05, 0.1) is 44.9 Å². The minimum Gasteiger partial charge on any atom is -0.465 e. The number of benzene rings is 2. The zero-order valence-electron chi connectivity index (χ0n) is 15.8. The number of para-hydroxylation sites is 1. The van der Waals surface area contributed by atoms with E-state index in [2.05, 4.69) is 9.46 Å². The number of esters is 1. The van der Waals surface area contributed by atoms with Crippen LogP contribution in [-0.2, 0) is 34.4 Å². The van der Waals surface area contributed by atoms with Gasteiger partial charge >= 0.3 is 5.97 Å². The maximum Gasteiger partial charge on any atom is 0.339 e. The van der Waals surface area contributed by atoms with Gasteiger partial charge in [-0.15, -0.1) is 0 Å². The second kappa shape index (κ2) is 8.00. The average Bonchev–Trinajstić information content (AvgIpc) is 3.08. The molecule has 0 aliphatic carbocycles. The zero-order valence-corrected chi connectivity index (χ0v) is 18.3. The second-order valence-corrected chi connectivity index (χ2v) is 12.8. The Morgan fingerprint density at radius 1 is 1.03 bits per heavy atom. The molecular weight excluding hydrogens is 454 g/mol. The second-order valence-electron chi connectivity index (χ2n) is 6.69. The summed E-state index contributed by atoms with van der Waals surface area (Å²) in [5.74, 6) is -1.45. The number of nitrogens with one attached hydrogen (secondary N) is 1. The van der Waals surface area contributed by atoms with Crippen LogP contribution in [0.25, 0.3) is 0 Å². The third kappa shape index (κ3) is 4.50. The molecular formula is C18H19NO8S3. The molecule has 12 heteroatoms. The van der Waals surface area contributed by atoms with Crippen molar-refractivity contribution in [3.8, 4) is 0 Å². The summed E-state index contributed by atoms with van der Waals surface area (Å²) in [6.45, 7) is 0. The van der Waals surface area contributed by atoms with Crippen molar-refractivity contribution in [1.82, 2.24) is 0 Å². The first-order chi connectivity index (χ1) is 14.0. The van der Waals surface area contributed by atoms with Gasteiger partial charge in [0.2, 0.25) is 0 Å². The molecule has 0 radical (unpaired) electrons.